The Bertz CT molecular complexity index is 1230. The van der Waals surface area contributed by atoms with Gasteiger partial charge in [0, 0.05) is 11.1 Å². The topological polar surface area (TPSA) is 220 Å². The van der Waals surface area contributed by atoms with Gasteiger partial charge in [0.15, 0.2) is 20.7 Å². The van der Waals surface area contributed by atoms with E-state index in [1.54, 1.807) is 0 Å². The van der Waals surface area contributed by atoms with Gasteiger partial charge in [0.1, 0.15) is 35.8 Å². The Balaban J connectivity index is 1.77. The zero-order valence-corrected chi connectivity index (χ0v) is 20.7. The maximum atomic E-state index is 12.8. The van der Waals surface area contributed by atoms with Gasteiger partial charge in [0.25, 0.3) is 11.8 Å². The predicted octanol–water partition coefficient (Wildman–Crippen LogP) is -1.46. The largest absolute Gasteiger partial charge is 0.477 e. The van der Waals surface area contributed by atoms with Crippen molar-refractivity contribution in [1.29, 1.82) is 0 Å². The van der Waals surface area contributed by atoms with Crippen LogP contribution in [0.4, 0.5) is 9.93 Å². The molecule has 1 aromatic heterocycles. The molecule has 0 spiro atoms. The molecule has 1 unspecified atom stereocenters. The number of nitrogens with zero attached hydrogens (tertiary/aromatic N) is 3. The number of rotatable bonds is 9. The third-order valence-electron chi connectivity index (χ3n) is 4.71. The van der Waals surface area contributed by atoms with Crippen molar-refractivity contribution in [2.24, 2.45) is 5.16 Å². The molecule has 2 aliphatic rings. The Hall–Kier alpha value is -3.38. The summed E-state index contributed by atoms with van der Waals surface area (Å²) in [5, 5.41) is 18.7. The van der Waals surface area contributed by atoms with Gasteiger partial charge < -0.3 is 31.0 Å². The zero-order valence-electron chi connectivity index (χ0n) is 18.2. The summed E-state index contributed by atoms with van der Waals surface area (Å²) < 4.78 is 29.0. The van der Waals surface area contributed by atoms with Crippen LogP contribution in [-0.4, -0.2) is 96.0 Å². The van der Waals surface area contributed by atoms with E-state index in [2.05, 4.69) is 25.0 Å². The number of hydrogen-bond donors (Lipinski definition) is 4. The minimum absolute atomic E-state index is 0.0249. The number of oxime groups is 1. The van der Waals surface area contributed by atoms with E-state index in [-0.39, 0.29) is 27.9 Å². The van der Waals surface area contributed by atoms with Gasteiger partial charge in [-0.25, -0.2) is 23.0 Å². The number of nitrogens with one attached hydrogen (secondary N) is 2. The average molecular weight is 549 g/mol. The van der Waals surface area contributed by atoms with Crippen LogP contribution in [0.1, 0.15) is 5.69 Å². The number of alkyl carbamates (subject to hydrolysis) is 1. The minimum atomic E-state index is -3.97. The molecule has 0 radical (unpaired) electrons. The van der Waals surface area contributed by atoms with E-state index in [9.17, 15) is 32.7 Å². The number of fused-ring (bicyclic) bond motifs is 1. The van der Waals surface area contributed by atoms with Crippen LogP contribution in [-0.2, 0) is 33.8 Å². The second kappa shape index (κ2) is 10.5. The van der Waals surface area contributed by atoms with Crippen molar-refractivity contribution in [2.45, 2.75) is 11.4 Å². The number of carboxylic acids is 1. The summed E-state index contributed by atoms with van der Waals surface area (Å²) in [5.74, 6) is -4.56. The van der Waals surface area contributed by atoms with Gasteiger partial charge >= 0.3 is 12.1 Å². The molecule has 3 amide bonds. The normalized spacial score (nSPS) is 20.0. The number of ether oxygens (including phenoxy) is 1. The molecular weight excluding hydrogens is 528 g/mol. The number of aromatic nitrogens is 1. The lowest BCUT2D eigenvalue weighted by atomic mass is 10.0. The molecule has 1 saturated heterocycles. The zero-order chi connectivity index (χ0) is 25.9. The van der Waals surface area contributed by atoms with Crippen LogP contribution < -0.4 is 16.4 Å². The van der Waals surface area contributed by atoms with Crippen molar-refractivity contribution in [3.63, 3.8) is 0 Å². The summed E-state index contributed by atoms with van der Waals surface area (Å²) in [6.45, 7) is 0. The molecule has 35 heavy (non-hydrogen) atoms. The number of methoxy groups -OCH3 is 1. The molecule has 1 fully saturated rings. The number of thioether (sulfide) groups is 1. The second-order valence-electron chi connectivity index (χ2n) is 7.01. The fourth-order valence-electron chi connectivity index (χ4n) is 3.25. The van der Waals surface area contributed by atoms with Crippen LogP contribution in [0, 0.1) is 0 Å². The lowest BCUT2D eigenvalue weighted by Gasteiger charge is -2.49. The molecule has 1 aromatic rings. The SMILES string of the molecule is CO/N=C(\C(=O)NC1C(=O)N2C(C(=O)O)=C(CS(=O)(=O)CNC(=O)OC)CS[C@H]12)c1csc(N)n1. The molecule has 2 aliphatic heterocycles. The molecular formula is C17H20N6O9S3. The summed E-state index contributed by atoms with van der Waals surface area (Å²) in [6.07, 6.45) is -0.965. The van der Waals surface area contributed by atoms with Crippen molar-refractivity contribution in [2.75, 3.05) is 37.3 Å². The Morgan fingerprint density at radius 3 is 2.66 bits per heavy atom. The number of nitrogens with two attached hydrogens (primary N) is 1. The van der Waals surface area contributed by atoms with Crippen LogP contribution in [0.5, 0.6) is 0 Å². The standard InChI is InChI=1S/C17H20N6O9S3/c1-31-17(28)19-6-35(29,30)5-7-3-33-14-10(13(25)23(14)11(7)15(26)27)21-12(24)9(22-32-2)8-4-34-16(18)20-8/h4,10,14H,3,5-6H2,1-2H3,(H2,18,20)(H,19,28)(H,21,24)(H,26,27)/b22-9-/t10?,14-/m1/s1. The van der Waals surface area contributed by atoms with Gasteiger partial charge in [-0.1, -0.05) is 5.16 Å². The number of carbonyl (C=O) groups is 4. The van der Waals surface area contributed by atoms with Gasteiger partial charge in [0.05, 0.1) is 12.9 Å². The van der Waals surface area contributed by atoms with Crippen molar-refractivity contribution < 1.29 is 42.3 Å². The van der Waals surface area contributed by atoms with E-state index in [0.717, 1.165) is 35.1 Å². The van der Waals surface area contributed by atoms with Gasteiger partial charge in [-0.05, 0) is 5.57 Å². The van der Waals surface area contributed by atoms with Crippen molar-refractivity contribution in [3.8, 4) is 0 Å². The molecule has 5 N–H and O–H groups in total. The summed E-state index contributed by atoms with van der Waals surface area (Å²) in [6, 6.07) is -1.10. The summed E-state index contributed by atoms with van der Waals surface area (Å²) in [4.78, 5) is 58.2. The van der Waals surface area contributed by atoms with Gasteiger partial charge in [-0.2, -0.15) is 0 Å². The molecule has 190 valence electrons. The number of thiazole rings is 1. The Kier molecular flexibility index (Phi) is 7.86. The first-order valence-electron chi connectivity index (χ1n) is 9.54. The number of β-lactam (4-membered cyclic amide) rings is 1. The highest BCUT2D eigenvalue weighted by molar-refractivity contribution is 8.00. The number of hydrogen-bond acceptors (Lipinski definition) is 13. The lowest BCUT2D eigenvalue weighted by molar-refractivity contribution is -0.150. The first kappa shape index (κ1) is 26.2. The first-order valence-corrected chi connectivity index (χ1v) is 13.3. The number of carboxylic acid groups (broad SMARTS) is 1. The number of anilines is 1. The van der Waals surface area contributed by atoms with E-state index in [4.69, 9.17) is 5.73 Å². The maximum absolute atomic E-state index is 12.8. The highest BCUT2D eigenvalue weighted by atomic mass is 32.2. The fraction of sp³-hybridized carbons (Fsp3) is 0.412. The van der Waals surface area contributed by atoms with E-state index >= 15 is 0 Å². The Labute approximate surface area is 206 Å². The van der Waals surface area contributed by atoms with E-state index in [0.29, 0.717) is 0 Å². The number of carbonyl (C=O) groups excluding carboxylic acids is 3. The smallest absolute Gasteiger partial charge is 0.407 e. The van der Waals surface area contributed by atoms with Crippen LogP contribution >= 0.6 is 23.1 Å². The fourth-order valence-corrected chi connectivity index (χ4v) is 6.49. The van der Waals surface area contributed by atoms with Crippen LogP contribution in [0.15, 0.2) is 21.8 Å². The quantitative estimate of drug-likeness (QED) is 0.158. The Morgan fingerprint density at radius 2 is 2.09 bits per heavy atom. The highest BCUT2D eigenvalue weighted by Crippen LogP contribution is 2.40. The Morgan fingerprint density at radius 1 is 1.37 bits per heavy atom. The molecule has 3 rings (SSSR count). The molecule has 15 nitrogen and oxygen atoms in total. The molecule has 0 saturated carbocycles. The lowest BCUT2D eigenvalue weighted by Crippen LogP contribution is -2.71. The number of amides is 3. The van der Waals surface area contributed by atoms with Crippen LogP contribution in [0.3, 0.4) is 0 Å². The predicted molar refractivity (Wildman–Crippen MR) is 124 cm³/mol. The summed E-state index contributed by atoms with van der Waals surface area (Å²) in [5.41, 5.74) is 4.98. The highest BCUT2D eigenvalue weighted by Gasteiger charge is 2.54. The number of aliphatic carboxylic acids is 1. The minimum Gasteiger partial charge on any atom is -0.477 e. The van der Waals surface area contributed by atoms with Crippen LogP contribution in [0.2, 0.25) is 0 Å². The van der Waals surface area contributed by atoms with E-state index in [1.807, 2.05) is 5.32 Å². The molecule has 3 heterocycles. The summed E-state index contributed by atoms with van der Waals surface area (Å²) >= 11 is 2.15. The van der Waals surface area contributed by atoms with E-state index < -0.39 is 62.5 Å². The van der Waals surface area contributed by atoms with Gasteiger partial charge in [-0.15, -0.1) is 23.1 Å². The monoisotopic (exact) mass is 548 g/mol. The average Bonchev–Trinajstić information content (AvgIpc) is 3.24. The number of nitrogen functional groups attached to an aromatic ring is 1. The first-order chi connectivity index (χ1) is 16.5. The third kappa shape index (κ3) is 5.65. The molecule has 0 aliphatic carbocycles. The third-order valence-corrected chi connectivity index (χ3v) is 8.10. The van der Waals surface area contributed by atoms with Crippen LogP contribution in [0.25, 0.3) is 0 Å². The molecule has 0 bridgehead atoms. The van der Waals surface area contributed by atoms with Gasteiger partial charge in [-0.3, -0.25) is 14.5 Å². The van der Waals surface area contributed by atoms with Crippen molar-refractivity contribution >= 4 is 67.7 Å². The second-order valence-corrected chi connectivity index (χ2v) is 11.1. The van der Waals surface area contributed by atoms with Gasteiger partial charge in [0.2, 0.25) is 0 Å². The molecule has 18 heteroatoms. The maximum Gasteiger partial charge on any atom is 0.407 e. The number of sulfone groups is 1. The van der Waals surface area contributed by atoms with Crippen molar-refractivity contribution in [3.05, 3.63) is 22.3 Å². The molecule has 2 atom stereocenters. The van der Waals surface area contributed by atoms with Crippen molar-refractivity contribution in [1.82, 2.24) is 20.5 Å². The van der Waals surface area contributed by atoms with E-state index in [1.165, 1.54) is 12.5 Å². The molecule has 0 aromatic carbocycles. The summed E-state index contributed by atoms with van der Waals surface area (Å²) in [7, 11) is -1.69.